The lowest BCUT2D eigenvalue weighted by atomic mass is 10.0. The molecular formula is C24H21F2N3O2. The molecule has 158 valence electrons. The fourth-order valence-corrected chi connectivity index (χ4v) is 3.72. The molecule has 0 radical (unpaired) electrons. The summed E-state index contributed by atoms with van der Waals surface area (Å²) < 4.78 is 27.3. The van der Waals surface area contributed by atoms with Crippen LogP contribution < -0.4 is 15.5 Å². The fourth-order valence-electron chi connectivity index (χ4n) is 3.72. The summed E-state index contributed by atoms with van der Waals surface area (Å²) in [4.78, 5) is 27.6. The van der Waals surface area contributed by atoms with Crippen molar-refractivity contribution in [3.63, 3.8) is 0 Å². The molecule has 1 atom stereocenters. The summed E-state index contributed by atoms with van der Waals surface area (Å²) in [5.74, 6) is -1.71. The first kappa shape index (κ1) is 20.5. The number of nitrogens with zero attached hydrogens (tertiary/aromatic N) is 1. The van der Waals surface area contributed by atoms with Crippen LogP contribution >= 0.6 is 0 Å². The van der Waals surface area contributed by atoms with Crippen molar-refractivity contribution in [1.29, 1.82) is 0 Å². The van der Waals surface area contributed by atoms with Gasteiger partial charge in [-0.15, -0.1) is 0 Å². The Hall–Kier alpha value is -3.74. The Kier molecular flexibility index (Phi) is 5.93. The monoisotopic (exact) mass is 421 g/mol. The molecule has 3 amide bonds. The number of carbonyl (C=O) groups is 2. The van der Waals surface area contributed by atoms with Gasteiger partial charge < -0.3 is 15.5 Å². The average Bonchev–Trinajstić information content (AvgIpc) is 3.20. The predicted octanol–water partition coefficient (Wildman–Crippen LogP) is 4.29. The molecule has 1 aliphatic heterocycles. The molecule has 0 spiro atoms. The van der Waals surface area contributed by atoms with Crippen molar-refractivity contribution in [2.75, 3.05) is 16.8 Å². The van der Waals surface area contributed by atoms with Crippen LogP contribution in [0.5, 0.6) is 0 Å². The molecule has 0 saturated carbocycles. The van der Waals surface area contributed by atoms with E-state index in [9.17, 15) is 18.4 Å². The van der Waals surface area contributed by atoms with E-state index in [2.05, 4.69) is 10.6 Å². The number of hydrogen-bond acceptors (Lipinski definition) is 2. The van der Waals surface area contributed by atoms with Crippen LogP contribution in [-0.2, 0) is 17.6 Å². The SMILES string of the molecule is O=C(Nc1cc(F)ccc1F)NC(Cc1ccccc1)C(=O)N1CCc2ccccc21. The van der Waals surface area contributed by atoms with Crippen molar-refractivity contribution in [3.05, 3.63) is 95.6 Å². The summed E-state index contributed by atoms with van der Waals surface area (Å²) in [5, 5.41) is 4.93. The molecule has 1 unspecified atom stereocenters. The van der Waals surface area contributed by atoms with Crippen LogP contribution in [0.15, 0.2) is 72.8 Å². The third kappa shape index (κ3) is 4.71. The first-order valence-corrected chi connectivity index (χ1v) is 9.97. The lowest BCUT2D eigenvalue weighted by Gasteiger charge is -2.25. The van der Waals surface area contributed by atoms with Crippen LogP contribution in [0.4, 0.5) is 25.0 Å². The van der Waals surface area contributed by atoms with Crippen molar-refractivity contribution < 1.29 is 18.4 Å². The predicted molar refractivity (Wildman–Crippen MR) is 115 cm³/mol. The molecule has 0 aromatic heterocycles. The first-order valence-electron chi connectivity index (χ1n) is 9.97. The minimum absolute atomic E-state index is 0.260. The van der Waals surface area contributed by atoms with E-state index in [4.69, 9.17) is 0 Å². The van der Waals surface area contributed by atoms with E-state index in [-0.39, 0.29) is 18.0 Å². The maximum Gasteiger partial charge on any atom is 0.319 e. The normalized spacial score (nSPS) is 13.4. The van der Waals surface area contributed by atoms with Crippen molar-refractivity contribution in [2.45, 2.75) is 18.9 Å². The van der Waals surface area contributed by atoms with Gasteiger partial charge in [0, 0.05) is 24.7 Å². The molecule has 0 bridgehead atoms. The van der Waals surface area contributed by atoms with Gasteiger partial charge in [0.15, 0.2) is 0 Å². The second-order valence-electron chi connectivity index (χ2n) is 7.33. The summed E-state index contributed by atoms with van der Waals surface area (Å²) in [6.45, 7) is 0.519. The number of fused-ring (bicyclic) bond motifs is 1. The van der Waals surface area contributed by atoms with Crippen molar-refractivity contribution in [3.8, 4) is 0 Å². The molecule has 7 heteroatoms. The summed E-state index contributed by atoms with van der Waals surface area (Å²) in [7, 11) is 0. The number of benzene rings is 3. The van der Waals surface area contributed by atoms with Gasteiger partial charge in [-0.25, -0.2) is 13.6 Å². The van der Waals surface area contributed by atoms with Gasteiger partial charge in [-0.1, -0.05) is 48.5 Å². The lowest BCUT2D eigenvalue weighted by molar-refractivity contribution is -0.120. The molecule has 0 saturated heterocycles. The van der Waals surface area contributed by atoms with Gasteiger partial charge in [-0.05, 0) is 35.7 Å². The molecule has 2 N–H and O–H groups in total. The minimum Gasteiger partial charge on any atom is -0.326 e. The number of nitrogens with one attached hydrogen (secondary N) is 2. The molecule has 3 aromatic carbocycles. The largest absolute Gasteiger partial charge is 0.326 e. The van der Waals surface area contributed by atoms with E-state index < -0.39 is 23.7 Å². The Morgan fingerprint density at radius 3 is 2.52 bits per heavy atom. The number of urea groups is 1. The van der Waals surface area contributed by atoms with E-state index in [0.717, 1.165) is 41.4 Å². The number of para-hydroxylation sites is 1. The van der Waals surface area contributed by atoms with Crippen LogP contribution in [0.2, 0.25) is 0 Å². The van der Waals surface area contributed by atoms with Gasteiger partial charge in [-0.2, -0.15) is 0 Å². The number of carbonyl (C=O) groups excluding carboxylic acids is 2. The second-order valence-corrected chi connectivity index (χ2v) is 7.33. The zero-order valence-electron chi connectivity index (χ0n) is 16.6. The minimum atomic E-state index is -0.884. The van der Waals surface area contributed by atoms with Crippen LogP contribution in [0.25, 0.3) is 0 Å². The summed E-state index contributed by atoms with van der Waals surface area (Å²) >= 11 is 0. The third-order valence-corrected chi connectivity index (χ3v) is 5.22. The van der Waals surface area contributed by atoms with Crippen molar-refractivity contribution in [1.82, 2.24) is 5.32 Å². The van der Waals surface area contributed by atoms with E-state index >= 15 is 0 Å². The highest BCUT2D eigenvalue weighted by atomic mass is 19.1. The summed E-state index contributed by atoms with van der Waals surface area (Å²) in [6, 6.07) is 18.0. The zero-order valence-corrected chi connectivity index (χ0v) is 16.6. The molecule has 1 aliphatic rings. The number of halogens is 2. The first-order chi connectivity index (χ1) is 15.0. The molecule has 31 heavy (non-hydrogen) atoms. The second kappa shape index (κ2) is 8.95. The van der Waals surface area contributed by atoms with E-state index in [1.54, 1.807) is 4.90 Å². The van der Waals surface area contributed by atoms with Crippen molar-refractivity contribution in [2.24, 2.45) is 0 Å². The van der Waals surface area contributed by atoms with E-state index in [1.165, 1.54) is 0 Å². The van der Waals surface area contributed by atoms with E-state index in [1.807, 2.05) is 54.6 Å². The summed E-state index contributed by atoms with van der Waals surface area (Å²) in [6.07, 6.45) is 0.998. The standard InChI is InChI=1S/C24H21F2N3O2/c25-18-10-11-19(26)20(15-18)27-24(31)28-21(14-16-6-2-1-3-7-16)23(30)29-13-12-17-8-4-5-9-22(17)29/h1-11,15,21H,12-14H2,(H2,27,28,31). The number of hydrogen-bond donors (Lipinski definition) is 2. The molecular weight excluding hydrogens is 400 g/mol. The highest BCUT2D eigenvalue weighted by Crippen LogP contribution is 2.28. The molecule has 0 aliphatic carbocycles. The lowest BCUT2D eigenvalue weighted by Crippen LogP contribution is -2.50. The highest BCUT2D eigenvalue weighted by Gasteiger charge is 2.31. The van der Waals surface area contributed by atoms with Gasteiger partial charge in [0.05, 0.1) is 5.69 Å². The summed E-state index contributed by atoms with van der Waals surface area (Å²) in [5.41, 5.74) is 2.46. The molecule has 3 aromatic rings. The fraction of sp³-hybridized carbons (Fsp3) is 0.167. The van der Waals surface area contributed by atoms with Gasteiger partial charge in [0.25, 0.3) is 0 Å². The Balaban J connectivity index is 1.55. The van der Waals surface area contributed by atoms with Gasteiger partial charge in [-0.3, -0.25) is 4.79 Å². The topological polar surface area (TPSA) is 61.4 Å². The highest BCUT2D eigenvalue weighted by molar-refractivity contribution is 6.02. The average molecular weight is 421 g/mol. The van der Waals surface area contributed by atoms with Crippen LogP contribution in [-0.4, -0.2) is 24.5 Å². The van der Waals surface area contributed by atoms with Crippen molar-refractivity contribution >= 4 is 23.3 Å². The Morgan fingerprint density at radius 1 is 0.968 bits per heavy atom. The Bertz CT molecular complexity index is 1100. The Morgan fingerprint density at radius 2 is 1.71 bits per heavy atom. The molecule has 1 heterocycles. The van der Waals surface area contributed by atoms with E-state index in [0.29, 0.717) is 6.54 Å². The van der Waals surface area contributed by atoms with Gasteiger partial charge in [0.2, 0.25) is 5.91 Å². The van der Waals surface area contributed by atoms with Gasteiger partial charge in [0.1, 0.15) is 17.7 Å². The zero-order chi connectivity index (χ0) is 21.8. The smallest absolute Gasteiger partial charge is 0.319 e. The number of amides is 3. The van der Waals surface area contributed by atoms with Crippen LogP contribution in [0, 0.1) is 11.6 Å². The van der Waals surface area contributed by atoms with Crippen LogP contribution in [0.1, 0.15) is 11.1 Å². The number of anilines is 2. The third-order valence-electron chi connectivity index (χ3n) is 5.22. The quantitative estimate of drug-likeness (QED) is 0.646. The Labute approximate surface area is 178 Å². The molecule has 4 rings (SSSR count). The maximum atomic E-state index is 13.9. The number of rotatable bonds is 5. The van der Waals surface area contributed by atoms with Gasteiger partial charge >= 0.3 is 6.03 Å². The molecule has 5 nitrogen and oxygen atoms in total. The van der Waals surface area contributed by atoms with Crippen LogP contribution in [0.3, 0.4) is 0 Å². The maximum absolute atomic E-state index is 13.9. The molecule has 0 fully saturated rings.